The van der Waals surface area contributed by atoms with E-state index in [1.807, 2.05) is 0 Å². The van der Waals surface area contributed by atoms with Crippen molar-refractivity contribution in [2.75, 3.05) is 41.2 Å². The Labute approximate surface area is 172 Å². The van der Waals surface area contributed by atoms with Gasteiger partial charge >= 0.3 is 5.97 Å². The van der Waals surface area contributed by atoms with Crippen molar-refractivity contribution in [3.63, 3.8) is 0 Å². The minimum absolute atomic E-state index is 0.0908. The van der Waals surface area contributed by atoms with Gasteiger partial charge in [0.1, 0.15) is 12.2 Å². The number of carbonyl (C=O) groups excluding carboxylic acids is 1. The van der Waals surface area contributed by atoms with Crippen LogP contribution in [0.15, 0.2) is 51.7 Å². The number of carbonyl (C=O) groups is 1. The first-order valence-corrected chi connectivity index (χ1v) is 9.14. The summed E-state index contributed by atoms with van der Waals surface area (Å²) in [5.74, 6) is 0.427. The fraction of sp³-hybridized carbons (Fsp3) is 0.273. The lowest BCUT2D eigenvalue weighted by molar-refractivity contribution is -0.147. The SMILES string of the molecule is COCCOC(=O)COc1c(-c2ccc(OC)c(OC)c2)oc2ccccc2c1=O. The molecule has 0 aliphatic carbocycles. The van der Waals surface area contributed by atoms with Gasteiger partial charge in [0.25, 0.3) is 0 Å². The van der Waals surface area contributed by atoms with E-state index >= 15 is 0 Å². The van der Waals surface area contributed by atoms with Crippen LogP contribution in [0.2, 0.25) is 0 Å². The van der Waals surface area contributed by atoms with Gasteiger partial charge in [0.2, 0.25) is 11.2 Å². The number of para-hydroxylation sites is 1. The normalized spacial score (nSPS) is 10.6. The van der Waals surface area contributed by atoms with Crippen LogP contribution in [0.3, 0.4) is 0 Å². The molecule has 3 aromatic rings. The summed E-state index contributed by atoms with van der Waals surface area (Å²) in [6.07, 6.45) is 0. The summed E-state index contributed by atoms with van der Waals surface area (Å²) in [7, 11) is 4.53. The van der Waals surface area contributed by atoms with E-state index in [2.05, 4.69) is 0 Å². The molecule has 0 radical (unpaired) electrons. The zero-order valence-electron chi connectivity index (χ0n) is 16.9. The lowest BCUT2D eigenvalue weighted by atomic mass is 10.1. The van der Waals surface area contributed by atoms with Crippen molar-refractivity contribution in [2.45, 2.75) is 0 Å². The second-order valence-electron chi connectivity index (χ2n) is 6.16. The molecular weight excluding hydrogens is 392 g/mol. The molecular formula is C22H22O8. The van der Waals surface area contributed by atoms with Crippen LogP contribution in [0.1, 0.15) is 0 Å². The zero-order valence-corrected chi connectivity index (χ0v) is 16.9. The molecule has 1 heterocycles. The fourth-order valence-electron chi connectivity index (χ4n) is 2.84. The zero-order chi connectivity index (χ0) is 21.5. The molecule has 0 saturated carbocycles. The van der Waals surface area contributed by atoms with Crippen LogP contribution in [-0.4, -0.2) is 47.1 Å². The lowest BCUT2D eigenvalue weighted by Crippen LogP contribution is -2.20. The van der Waals surface area contributed by atoms with Gasteiger partial charge < -0.3 is 28.1 Å². The van der Waals surface area contributed by atoms with E-state index in [1.54, 1.807) is 42.5 Å². The number of hydrogen-bond acceptors (Lipinski definition) is 8. The molecule has 0 amide bonds. The molecule has 0 aliphatic heterocycles. The van der Waals surface area contributed by atoms with Gasteiger partial charge in [-0.2, -0.15) is 0 Å². The van der Waals surface area contributed by atoms with E-state index < -0.39 is 18.0 Å². The highest BCUT2D eigenvalue weighted by Crippen LogP contribution is 2.36. The monoisotopic (exact) mass is 414 g/mol. The van der Waals surface area contributed by atoms with Crippen LogP contribution in [0.4, 0.5) is 0 Å². The van der Waals surface area contributed by atoms with Gasteiger partial charge in [-0.15, -0.1) is 0 Å². The Hall–Kier alpha value is -3.52. The molecule has 0 aliphatic rings. The Morgan fingerprint density at radius 1 is 0.967 bits per heavy atom. The van der Waals surface area contributed by atoms with Gasteiger partial charge in [0.05, 0.1) is 26.2 Å². The number of hydrogen-bond donors (Lipinski definition) is 0. The molecule has 30 heavy (non-hydrogen) atoms. The highest BCUT2D eigenvalue weighted by molar-refractivity contribution is 5.82. The topological polar surface area (TPSA) is 93.4 Å². The molecule has 8 heteroatoms. The van der Waals surface area contributed by atoms with Crippen LogP contribution in [0.5, 0.6) is 17.2 Å². The molecule has 3 rings (SSSR count). The van der Waals surface area contributed by atoms with Gasteiger partial charge in [-0.25, -0.2) is 4.79 Å². The maximum atomic E-state index is 13.1. The Morgan fingerprint density at radius 3 is 2.47 bits per heavy atom. The maximum Gasteiger partial charge on any atom is 0.344 e. The van der Waals surface area contributed by atoms with Crippen molar-refractivity contribution in [3.05, 3.63) is 52.7 Å². The second-order valence-corrected chi connectivity index (χ2v) is 6.16. The summed E-state index contributed by atoms with van der Waals surface area (Å²) in [4.78, 5) is 25.0. The number of rotatable bonds is 9. The third kappa shape index (κ3) is 4.55. The van der Waals surface area contributed by atoms with E-state index in [4.69, 9.17) is 28.1 Å². The maximum absolute atomic E-state index is 13.1. The highest BCUT2D eigenvalue weighted by atomic mass is 16.6. The Balaban J connectivity index is 2.03. The molecule has 158 valence electrons. The van der Waals surface area contributed by atoms with E-state index in [9.17, 15) is 9.59 Å². The van der Waals surface area contributed by atoms with Crippen molar-refractivity contribution in [3.8, 4) is 28.6 Å². The summed E-state index contributed by atoms with van der Waals surface area (Å²) in [6.45, 7) is -0.0958. The molecule has 2 aromatic carbocycles. The first-order valence-electron chi connectivity index (χ1n) is 9.14. The standard InChI is InChI=1S/C22H22O8/c1-25-10-11-28-19(23)13-29-22-20(24)15-6-4-5-7-16(15)30-21(22)14-8-9-17(26-2)18(12-14)27-3/h4-9,12H,10-11,13H2,1-3H3. The molecule has 0 spiro atoms. The van der Waals surface area contributed by atoms with E-state index in [1.165, 1.54) is 21.3 Å². The number of fused-ring (bicyclic) bond motifs is 1. The van der Waals surface area contributed by atoms with E-state index in [-0.39, 0.29) is 24.7 Å². The summed E-state index contributed by atoms with van der Waals surface area (Å²) in [5, 5.41) is 0.337. The predicted octanol–water partition coefficient (Wildman–Crippen LogP) is 3.05. The summed E-state index contributed by atoms with van der Waals surface area (Å²) in [6, 6.07) is 11.8. The van der Waals surface area contributed by atoms with E-state index in [0.717, 1.165) is 0 Å². The number of benzene rings is 2. The van der Waals surface area contributed by atoms with Gasteiger partial charge in [-0.05, 0) is 30.3 Å². The first-order chi connectivity index (χ1) is 14.6. The van der Waals surface area contributed by atoms with Crippen LogP contribution in [0, 0.1) is 0 Å². The van der Waals surface area contributed by atoms with Crippen LogP contribution < -0.4 is 19.6 Å². The molecule has 0 unspecified atom stereocenters. The molecule has 1 aromatic heterocycles. The Bertz CT molecular complexity index is 1090. The summed E-state index contributed by atoms with van der Waals surface area (Å²) in [5.41, 5.74) is 0.520. The lowest BCUT2D eigenvalue weighted by Gasteiger charge is -2.13. The summed E-state index contributed by atoms with van der Waals surface area (Å²) < 4.78 is 31.9. The van der Waals surface area contributed by atoms with Crippen LogP contribution in [-0.2, 0) is 14.3 Å². The Kier molecular flexibility index (Phi) is 6.92. The third-order valence-electron chi connectivity index (χ3n) is 4.29. The quantitative estimate of drug-likeness (QED) is 0.390. The number of esters is 1. The minimum atomic E-state index is -0.627. The van der Waals surface area contributed by atoms with Gasteiger partial charge in [-0.3, -0.25) is 4.79 Å². The van der Waals surface area contributed by atoms with Crippen molar-refractivity contribution in [1.82, 2.24) is 0 Å². The minimum Gasteiger partial charge on any atom is -0.493 e. The van der Waals surface area contributed by atoms with E-state index in [0.29, 0.717) is 28.0 Å². The van der Waals surface area contributed by atoms with Crippen molar-refractivity contribution in [2.24, 2.45) is 0 Å². The summed E-state index contributed by atoms with van der Waals surface area (Å²) >= 11 is 0. The smallest absolute Gasteiger partial charge is 0.344 e. The third-order valence-corrected chi connectivity index (χ3v) is 4.29. The first kappa shape index (κ1) is 21.2. The fourth-order valence-corrected chi connectivity index (χ4v) is 2.84. The largest absolute Gasteiger partial charge is 0.493 e. The Morgan fingerprint density at radius 2 is 1.73 bits per heavy atom. The van der Waals surface area contributed by atoms with Crippen molar-refractivity contribution < 1.29 is 32.9 Å². The van der Waals surface area contributed by atoms with Gasteiger partial charge in [0, 0.05) is 12.7 Å². The van der Waals surface area contributed by atoms with Crippen LogP contribution in [0.25, 0.3) is 22.3 Å². The predicted molar refractivity (Wildman–Crippen MR) is 109 cm³/mol. The number of ether oxygens (including phenoxy) is 5. The molecule has 0 saturated heterocycles. The molecule has 0 atom stereocenters. The average molecular weight is 414 g/mol. The van der Waals surface area contributed by atoms with Gasteiger partial charge in [-0.1, -0.05) is 12.1 Å². The second kappa shape index (κ2) is 9.80. The molecule has 0 bridgehead atoms. The number of methoxy groups -OCH3 is 3. The van der Waals surface area contributed by atoms with Crippen LogP contribution >= 0.6 is 0 Å². The molecule has 8 nitrogen and oxygen atoms in total. The molecule has 0 fully saturated rings. The van der Waals surface area contributed by atoms with Gasteiger partial charge in [0.15, 0.2) is 23.9 Å². The highest BCUT2D eigenvalue weighted by Gasteiger charge is 2.20. The van der Waals surface area contributed by atoms with Crippen molar-refractivity contribution >= 4 is 16.9 Å². The molecule has 0 N–H and O–H groups in total. The average Bonchev–Trinajstić information content (AvgIpc) is 2.78. The van der Waals surface area contributed by atoms with Crippen molar-refractivity contribution in [1.29, 1.82) is 0 Å².